The van der Waals surface area contributed by atoms with Gasteiger partial charge in [-0.05, 0) is 25.3 Å². The third-order valence-corrected chi connectivity index (χ3v) is 3.76. The van der Waals surface area contributed by atoms with Crippen molar-refractivity contribution in [2.24, 2.45) is 0 Å². The number of H-pyrrole nitrogens is 1. The highest BCUT2D eigenvalue weighted by Gasteiger charge is 2.29. The molecule has 0 aliphatic carbocycles. The molecule has 108 valence electrons. The molecule has 6 heteroatoms. The van der Waals surface area contributed by atoms with Crippen LogP contribution in [0.15, 0.2) is 0 Å². The second kappa shape index (κ2) is 6.06. The average molecular weight is 276 g/mol. The van der Waals surface area contributed by atoms with Crippen LogP contribution in [-0.2, 0) is 9.53 Å². The van der Waals surface area contributed by atoms with Crippen LogP contribution in [0.3, 0.4) is 0 Å². The summed E-state index contributed by atoms with van der Waals surface area (Å²) in [5.74, 6) is 0.0933. The van der Waals surface area contributed by atoms with E-state index in [4.69, 9.17) is 10.00 Å². The maximum atomic E-state index is 12.4. The molecule has 2 unspecified atom stereocenters. The molecule has 2 heterocycles. The van der Waals surface area contributed by atoms with Gasteiger partial charge in [-0.1, -0.05) is 6.92 Å². The number of nitrogens with zero attached hydrogens (tertiary/aromatic N) is 3. The van der Waals surface area contributed by atoms with Gasteiger partial charge in [0.2, 0.25) is 5.91 Å². The Hall–Kier alpha value is -1.87. The van der Waals surface area contributed by atoms with Gasteiger partial charge in [0.15, 0.2) is 0 Å². The van der Waals surface area contributed by atoms with Crippen molar-refractivity contribution in [1.82, 2.24) is 15.1 Å². The normalized spacial score (nSPS) is 20.5. The van der Waals surface area contributed by atoms with Gasteiger partial charge >= 0.3 is 0 Å². The summed E-state index contributed by atoms with van der Waals surface area (Å²) in [6, 6.07) is 1.66. The topological polar surface area (TPSA) is 82.0 Å². The molecule has 2 rings (SSSR count). The lowest BCUT2D eigenvalue weighted by atomic mass is 9.95. The van der Waals surface area contributed by atoms with E-state index in [1.807, 2.05) is 20.8 Å². The lowest BCUT2D eigenvalue weighted by Crippen LogP contribution is -2.48. The number of amides is 1. The highest BCUT2D eigenvalue weighted by Crippen LogP contribution is 2.25. The molecule has 20 heavy (non-hydrogen) atoms. The fraction of sp³-hybridized carbons (Fsp3) is 0.643. The standard InChI is InChI=1S/C14H20N4O2/c1-9(14-10(2)16-17-11(14)3)6-13(19)18-4-5-20-8-12(18)7-15/h9,12H,4-6,8H2,1-3H3,(H,16,17). The lowest BCUT2D eigenvalue weighted by Gasteiger charge is -2.32. The van der Waals surface area contributed by atoms with E-state index in [1.165, 1.54) is 0 Å². The number of ether oxygens (including phenoxy) is 1. The summed E-state index contributed by atoms with van der Waals surface area (Å²) in [7, 11) is 0. The first kappa shape index (κ1) is 14.5. The Morgan fingerprint density at radius 2 is 2.40 bits per heavy atom. The zero-order valence-electron chi connectivity index (χ0n) is 12.1. The highest BCUT2D eigenvalue weighted by molar-refractivity contribution is 5.78. The molecular weight excluding hydrogens is 256 g/mol. The maximum absolute atomic E-state index is 12.4. The van der Waals surface area contributed by atoms with Crippen LogP contribution in [0.25, 0.3) is 0 Å². The molecule has 1 N–H and O–H groups in total. The van der Waals surface area contributed by atoms with E-state index in [9.17, 15) is 4.79 Å². The van der Waals surface area contributed by atoms with E-state index in [1.54, 1.807) is 4.90 Å². The SMILES string of the molecule is Cc1n[nH]c(C)c1C(C)CC(=O)N1CCOCC1C#N. The maximum Gasteiger partial charge on any atom is 0.224 e. The van der Waals surface area contributed by atoms with Crippen LogP contribution in [0.1, 0.15) is 36.2 Å². The third-order valence-electron chi connectivity index (χ3n) is 3.76. The van der Waals surface area contributed by atoms with Gasteiger partial charge < -0.3 is 9.64 Å². The number of hydrogen-bond donors (Lipinski definition) is 1. The summed E-state index contributed by atoms with van der Waals surface area (Å²) in [5, 5.41) is 16.2. The predicted molar refractivity (Wildman–Crippen MR) is 73.0 cm³/mol. The number of aryl methyl sites for hydroxylation is 2. The van der Waals surface area contributed by atoms with Crippen molar-refractivity contribution in [2.75, 3.05) is 19.8 Å². The van der Waals surface area contributed by atoms with Crippen LogP contribution >= 0.6 is 0 Å². The van der Waals surface area contributed by atoms with Crippen molar-refractivity contribution < 1.29 is 9.53 Å². The molecule has 1 aliphatic heterocycles. The van der Waals surface area contributed by atoms with Crippen molar-refractivity contribution in [2.45, 2.75) is 39.2 Å². The Morgan fingerprint density at radius 3 is 3.00 bits per heavy atom. The van der Waals surface area contributed by atoms with Gasteiger partial charge in [-0.2, -0.15) is 10.4 Å². The van der Waals surface area contributed by atoms with Crippen LogP contribution in [0.4, 0.5) is 0 Å². The average Bonchev–Trinajstić information content (AvgIpc) is 2.78. The summed E-state index contributed by atoms with van der Waals surface area (Å²) in [6.45, 7) is 7.22. The molecule has 1 saturated heterocycles. The Labute approximate surface area is 118 Å². The number of rotatable bonds is 3. The molecular formula is C14H20N4O2. The predicted octanol–water partition coefficient (Wildman–Crippen LogP) is 1.27. The molecule has 0 aromatic carbocycles. The van der Waals surface area contributed by atoms with Gasteiger partial charge in [-0.3, -0.25) is 9.89 Å². The van der Waals surface area contributed by atoms with Crippen LogP contribution in [0.2, 0.25) is 0 Å². The minimum atomic E-state index is -0.463. The van der Waals surface area contributed by atoms with Gasteiger partial charge in [0.05, 0.1) is 25.0 Å². The number of nitriles is 1. The van der Waals surface area contributed by atoms with Gasteiger partial charge in [0, 0.05) is 18.7 Å². The molecule has 0 radical (unpaired) electrons. The summed E-state index contributed by atoms with van der Waals surface area (Å²) in [4.78, 5) is 14.0. The lowest BCUT2D eigenvalue weighted by molar-refractivity contribution is -0.138. The van der Waals surface area contributed by atoms with Crippen LogP contribution in [-0.4, -0.2) is 46.8 Å². The van der Waals surface area contributed by atoms with Crippen molar-refractivity contribution >= 4 is 5.91 Å². The zero-order chi connectivity index (χ0) is 14.7. The molecule has 0 spiro atoms. The Kier molecular flexibility index (Phi) is 4.40. The number of nitrogens with one attached hydrogen (secondary N) is 1. The van der Waals surface area contributed by atoms with Crippen LogP contribution < -0.4 is 0 Å². The summed E-state index contributed by atoms with van der Waals surface area (Å²) >= 11 is 0. The molecule has 2 atom stereocenters. The number of aromatic nitrogens is 2. The van der Waals surface area contributed by atoms with Crippen LogP contribution in [0, 0.1) is 25.2 Å². The van der Waals surface area contributed by atoms with Crippen molar-refractivity contribution in [3.63, 3.8) is 0 Å². The number of morpholine rings is 1. The molecule has 1 aromatic rings. The van der Waals surface area contributed by atoms with Crippen molar-refractivity contribution in [3.8, 4) is 6.07 Å². The highest BCUT2D eigenvalue weighted by atomic mass is 16.5. The van der Waals surface area contributed by atoms with E-state index in [2.05, 4.69) is 16.3 Å². The number of carbonyl (C=O) groups excluding carboxylic acids is 1. The van der Waals surface area contributed by atoms with E-state index < -0.39 is 6.04 Å². The number of carbonyl (C=O) groups is 1. The molecule has 0 saturated carbocycles. The number of aromatic amines is 1. The van der Waals surface area contributed by atoms with Gasteiger partial charge in [-0.25, -0.2) is 0 Å². The monoisotopic (exact) mass is 276 g/mol. The zero-order valence-corrected chi connectivity index (χ0v) is 12.1. The van der Waals surface area contributed by atoms with Gasteiger partial charge in [0.1, 0.15) is 6.04 Å². The molecule has 1 aromatic heterocycles. The third kappa shape index (κ3) is 2.83. The molecule has 0 bridgehead atoms. The smallest absolute Gasteiger partial charge is 0.224 e. The second-order valence-corrected chi connectivity index (χ2v) is 5.26. The molecule has 1 amide bonds. The largest absolute Gasteiger partial charge is 0.376 e. The van der Waals surface area contributed by atoms with E-state index in [0.29, 0.717) is 26.2 Å². The molecule has 1 aliphatic rings. The molecule has 1 fully saturated rings. The first-order valence-corrected chi connectivity index (χ1v) is 6.83. The fourth-order valence-corrected chi connectivity index (χ4v) is 2.78. The quantitative estimate of drug-likeness (QED) is 0.901. The van der Waals surface area contributed by atoms with E-state index in [0.717, 1.165) is 17.0 Å². The van der Waals surface area contributed by atoms with E-state index in [-0.39, 0.29) is 11.8 Å². The van der Waals surface area contributed by atoms with Gasteiger partial charge in [-0.15, -0.1) is 0 Å². The fourth-order valence-electron chi connectivity index (χ4n) is 2.78. The van der Waals surface area contributed by atoms with Crippen molar-refractivity contribution in [3.05, 3.63) is 17.0 Å². The molecule has 6 nitrogen and oxygen atoms in total. The van der Waals surface area contributed by atoms with Crippen molar-refractivity contribution in [1.29, 1.82) is 5.26 Å². The van der Waals surface area contributed by atoms with E-state index >= 15 is 0 Å². The van der Waals surface area contributed by atoms with Crippen LogP contribution in [0.5, 0.6) is 0 Å². The first-order valence-electron chi connectivity index (χ1n) is 6.83. The summed E-state index contributed by atoms with van der Waals surface area (Å²) < 4.78 is 5.24. The minimum Gasteiger partial charge on any atom is -0.376 e. The summed E-state index contributed by atoms with van der Waals surface area (Å²) in [6.07, 6.45) is 0.388. The summed E-state index contributed by atoms with van der Waals surface area (Å²) in [5.41, 5.74) is 3.03. The Morgan fingerprint density at radius 1 is 1.65 bits per heavy atom. The Bertz CT molecular complexity index is 512. The van der Waals surface area contributed by atoms with Gasteiger partial charge in [0.25, 0.3) is 0 Å². The number of hydrogen-bond acceptors (Lipinski definition) is 4. The Balaban J connectivity index is 2.06. The second-order valence-electron chi connectivity index (χ2n) is 5.26. The first-order chi connectivity index (χ1) is 9.54. The minimum absolute atomic E-state index is 0.00681.